The quantitative estimate of drug-likeness (QED) is 0.675. The van der Waals surface area contributed by atoms with Crippen LogP contribution in [0.3, 0.4) is 0 Å². The van der Waals surface area contributed by atoms with Crippen molar-refractivity contribution in [3.8, 4) is 11.5 Å². The monoisotopic (exact) mass is 463 g/mol. The van der Waals surface area contributed by atoms with Crippen LogP contribution in [0, 0.1) is 0 Å². The van der Waals surface area contributed by atoms with E-state index in [9.17, 15) is 14.4 Å². The molecule has 2 N–H and O–H groups in total. The van der Waals surface area contributed by atoms with Crippen molar-refractivity contribution in [2.24, 2.45) is 0 Å². The number of anilines is 1. The molecule has 2 aliphatic heterocycles. The Labute approximate surface area is 188 Å². The summed E-state index contributed by atoms with van der Waals surface area (Å²) in [5, 5.41) is 5.69. The van der Waals surface area contributed by atoms with Crippen molar-refractivity contribution in [3.05, 3.63) is 52.0 Å². The Kier molecular flexibility index (Phi) is 5.68. The molecule has 2 aromatic carbocycles. The zero-order valence-electron chi connectivity index (χ0n) is 16.5. The number of carbonyl (C=O) groups excluding carboxylic acids is 3. The number of hydrogen-bond acceptors (Lipinski definition) is 5. The summed E-state index contributed by atoms with van der Waals surface area (Å²) in [7, 11) is 0. The number of hydrogen-bond donors (Lipinski definition) is 2. The van der Waals surface area contributed by atoms with Crippen molar-refractivity contribution in [1.29, 1.82) is 0 Å². The van der Waals surface area contributed by atoms with Gasteiger partial charge in [0.2, 0.25) is 5.91 Å². The number of rotatable bonds is 4. The molecule has 2 aromatic rings. The number of amides is 4. The van der Waals surface area contributed by atoms with Gasteiger partial charge in [0.25, 0.3) is 5.91 Å². The van der Waals surface area contributed by atoms with Crippen molar-refractivity contribution in [2.75, 3.05) is 25.1 Å². The largest absolute Gasteiger partial charge is 0.490 e. The van der Waals surface area contributed by atoms with Gasteiger partial charge in [0.1, 0.15) is 12.1 Å². The summed E-state index contributed by atoms with van der Waals surface area (Å²) in [6.07, 6.45) is 0.747. The van der Waals surface area contributed by atoms with Crippen LogP contribution in [-0.2, 0) is 15.1 Å². The van der Waals surface area contributed by atoms with E-state index in [2.05, 4.69) is 10.6 Å². The molecule has 0 radical (unpaired) electrons. The molecule has 0 spiro atoms. The third-order valence-electron chi connectivity index (χ3n) is 5.13. The van der Waals surface area contributed by atoms with E-state index >= 15 is 0 Å². The lowest BCUT2D eigenvalue weighted by molar-refractivity contribution is -0.133. The van der Waals surface area contributed by atoms with Crippen molar-refractivity contribution >= 4 is 46.7 Å². The van der Waals surface area contributed by atoms with Crippen molar-refractivity contribution in [1.82, 2.24) is 10.2 Å². The Balaban J connectivity index is 1.52. The average Bonchev–Trinajstić information content (AvgIpc) is 2.91. The standard InChI is InChI=1S/C21H19Cl2N3O5/c1-21(12-6-7-15-16(10-12)31-9-3-8-30-15)19(28)26(20(29)25-21)11-17(27)24-14-5-2-4-13(22)18(14)23/h2,4-7,10H,3,8-9,11H2,1H3,(H,24,27)(H,25,29). The molecule has 0 bridgehead atoms. The van der Waals surface area contributed by atoms with Gasteiger partial charge < -0.3 is 20.1 Å². The normalized spacial score (nSPS) is 20.3. The molecule has 1 atom stereocenters. The fourth-order valence-corrected chi connectivity index (χ4v) is 3.79. The van der Waals surface area contributed by atoms with Gasteiger partial charge in [0, 0.05) is 6.42 Å². The van der Waals surface area contributed by atoms with Crippen LogP contribution in [0.1, 0.15) is 18.9 Å². The van der Waals surface area contributed by atoms with E-state index in [0.29, 0.717) is 30.3 Å². The van der Waals surface area contributed by atoms with E-state index in [-0.39, 0.29) is 15.7 Å². The highest BCUT2D eigenvalue weighted by Gasteiger charge is 2.49. The van der Waals surface area contributed by atoms with Crippen LogP contribution in [0.5, 0.6) is 11.5 Å². The van der Waals surface area contributed by atoms with Crippen LogP contribution in [0.25, 0.3) is 0 Å². The highest BCUT2D eigenvalue weighted by molar-refractivity contribution is 6.44. The number of carbonyl (C=O) groups is 3. The molecule has 0 aliphatic carbocycles. The number of fused-ring (bicyclic) bond motifs is 1. The van der Waals surface area contributed by atoms with Gasteiger partial charge in [-0.2, -0.15) is 0 Å². The molecule has 1 fully saturated rings. The van der Waals surface area contributed by atoms with Gasteiger partial charge in [0.05, 0.1) is 28.9 Å². The van der Waals surface area contributed by atoms with E-state index in [1.54, 1.807) is 43.3 Å². The molecule has 0 saturated carbocycles. The summed E-state index contributed by atoms with van der Waals surface area (Å²) in [6, 6.07) is 9.18. The predicted octanol–water partition coefficient (Wildman–Crippen LogP) is 3.56. The van der Waals surface area contributed by atoms with Crippen LogP contribution in [0.2, 0.25) is 10.0 Å². The number of nitrogens with one attached hydrogen (secondary N) is 2. The van der Waals surface area contributed by atoms with Crippen molar-refractivity contribution in [3.63, 3.8) is 0 Å². The maximum absolute atomic E-state index is 13.1. The third-order valence-corrected chi connectivity index (χ3v) is 5.95. The second kappa shape index (κ2) is 8.28. The molecule has 4 rings (SSSR count). The van der Waals surface area contributed by atoms with Gasteiger partial charge in [0.15, 0.2) is 11.5 Å². The highest BCUT2D eigenvalue weighted by Crippen LogP contribution is 2.36. The first-order valence-electron chi connectivity index (χ1n) is 9.57. The van der Waals surface area contributed by atoms with Gasteiger partial charge in [-0.15, -0.1) is 0 Å². The fourth-order valence-electron chi connectivity index (χ4n) is 3.44. The number of nitrogens with zero attached hydrogens (tertiary/aromatic N) is 1. The lowest BCUT2D eigenvalue weighted by Gasteiger charge is -2.23. The van der Waals surface area contributed by atoms with E-state index in [1.165, 1.54) is 0 Å². The van der Waals surface area contributed by atoms with Gasteiger partial charge in [-0.3, -0.25) is 14.5 Å². The Hall–Kier alpha value is -2.97. The molecular formula is C21H19Cl2N3O5. The zero-order chi connectivity index (χ0) is 22.2. The number of benzene rings is 2. The first-order valence-corrected chi connectivity index (χ1v) is 10.3. The highest BCUT2D eigenvalue weighted by atomic mass is 35.5. The van der Waals surface area contributed by atoms with Gasteiger partial charge in [-0.25, -0.2) is 4.79 Å². The minimum Gasteiger partial charge on any atom is -0.490 e. The predicted molar refractivity (Wildman–Crippen MR) is 115 cm³/mol. The molecule has 1 saturated heterocycles. The van der Waals surface area contributed by atoms with E-state index in [1.807, 2.05) is 0 Å². The minimum atomic E-state index is -1.35. The lowest BCUT2D eigenvalue weighted by Crippen LogP contribution is -2.42. The molecule has 0 aromatic heterocycles. The molecule has 8 nitrogen and oxygen atoms in total. The summed E-state index contributed by atoms with van der Waals surface area (Å²) >= 11 is 12.0. The lowest BCUT2D eigenvalue weighted by atomic mass is 9.91. The first kappa shape index (κ1) is 21.3. The van der Waals surface area contributed by atoms with E-state index in [4.69, 9.17) is 32.7 Å². The smallest absolute Gasteiger partial charge is 0.325 e. The zero-order valence-corrected chi connectivity index (χ0v) is 18.0. The molecule has 10 heteroatoms. The van der Waals surface area contributed by atoms with Crippen molar-refractivity contribution < 1.29 is 23.9 Å². The summed E-state index contributed by atoms with van der Waals surface area (Å²) in [4.78, 5) is 39.0. The Morgan fingerprint density at radius 2 is 1.90 bits per heavy atom. The summed E-state index contributed by atoms with van der Waals surface area (Å²) < 4.78 is 11.3. The number of ether oxygens (including phenoxy) is 2. The average molecular weight is 464 g/mol. The first-order chi connectivity index (χ1) is 14.8. The van der Waals surface area contributed by atoms with E-state index < -0.39 is 29.9 Å². The van der Waals surface area contributed by atoms with Crippen LogP contribution in [0.15, 0.2) is 36.4 Å². The molecule has 162 valence electrons. The fraction of sp³-hybridized carbons (Fsp3) is 0.286. The molecule has 4 amide bonds. The Bertz CT molecular complexity index is 1080. The van der Waals surface area contributed by atoms with Crippen LogP contribution >= 0.6 is 23.2 Å². The van der Waals surface area contributed by atoms with Crippen LogP contribution in [0.4, 0.5) is 10.5 Å². The second-order valence-corrected chi connectivity index (χ2v) is 8.09. The molecule has 1 unspecified atom stereocenters. The summed E-state index contributed by atoms with van der Waals surface area (Å²) in [6.45, 7) is 2.14. The molecular weight excluding hydrogens is 445 g/mol. The number of halogens is 2. The summed E-state index contributed by atoms with van der Waals surface area (Å²) in [5.74, 6) is -0.0590. The Morgan fingerprint density at radius 3 is 2.68 bits per heavy atom. The molecule has 31 heavy (non-hydrogen) atoms. The third kappa shape index (κ3) is 4.00. The second-order valence-electron chi connectivity index (χ2n) is 7.31. The van der Waals surface area contributed by atoms with Crippen molar-refractivity contribution in [2.45, 2.75) is 18.9 Å². The van der Waals surface area contributed by atoms with Crippen LogP contribution < -0.4 is 20.1 Å². The number of imide groups is 1. The molecule has 2 aliphatic rings. The topological polar surface area (TPSA) is 97.0 Å². The van der Waals surface area contributed by atoms with Crippen LogP contribution in [-0.4, -0.2) is 42.5 Å². The SMILES string of the molecule is CC1(c2ccc3c(c2)OCCCO3)NC(=O)N(CC(=O)Nc2cccc(Cl)c2Cl)C1=O. The van der Waals surface area contributed by atoms with Gasteiger partial charge >= 0.3 is 6.03 Å². The maximum atomic E-state index is 13.1. The minimum absolute atomic E-state index is 0.173. The molecule has 2 heterocycles. The van der Waals surface area contributed by atoms with E-state index in [0.717, 1.165) is 11.3 Å². The van der Waals surface area contributed by atoms with Gasteiger partial charge in [-0.05, 0) is 36.8 Å². The van der Waals surface area contributed by atoms with Gasteiger partial charge in [-0.1, -0.05) is 35.3 Å². The number of urea groups is 1. The summed E-state index contributed by atoms with van der Waals surface area (Å²) in [5.41, 5.74) is -0.539. The Morgan fingerprint density at radius 1 is 1.16 bits per heavy atom. The maximum Gasteiger partial charge on any atom is 0.325 e.